The number of carbonyl (C=O) groups is 1. The number of halogens is 2. The summed E-state index contributed by atoms with van der Waals surface area (Å²) in [5, 5.41) is 7.28. The predicted molar refractivity (Wildman–Crippen MR) is 118 cm³/mol. The average Bonchev–Trinajstić information content (AvgIpc) is 3.29. The summed E-state index contributed by atoms with van der Waals surface area (Å²) in [5.74, 6) is -2.44. The number of sulfonamides is 1. The number of Topliss-reactive ketones (excluding diaryl/α,β-unsaturated/α-hetero) is 1. The highest BCUT2D eigenvalue weighted by molar-refractivity contribution is 8.00. The van der Waals surface area contributed by atoms with Gasteiger partial charge in [-0.3, -0.25) is 4.79 Å². The summed E-state index contributed by atoms with van der Waals surface area (Å²) < 4.78 is 59.6. The van der Waals surface area contributed by atoms with E-state index in [-0.39, 0.29) is 21.6 Å². The molecular weight excluding hydrogens is 472 g/mol. The minimum Gasteiger partial charge on any atom is -0.411 e. The number of hydrogen-bond donors (Lipinski definition) is 0. The highest BCUT2D eigenvalue weighted by atomic mass is 32.2. The molecule has 0 unspecified atom stereocenters. The Bertz CT molecular complexity index is 1270. The highest BCUT2D eigenvalue weighted by Gasteiger charge is 2.27. The van der Waals surface area contributed by atoms with Gasteiger partial charge in [-0.1, -0.05) is 24.2 Å². The number of benzene rings is 2. The van der Waals surface area contributed by atoms with Gasteiger partial charge in [0, 0.05) is 24.2 Å². The number of thioether (sulfide) groups is 1. The maximum atomic E-state index is 13.4. The predicted octanol–water partition coefficient (Wildman–Crippen LogP) is 4.55. The fourth-order valence-corrected chi connectivity index (χ4v) is 5.83. The summed E-state index contributed by atoms with van der Waals surface area (Å²) >= 11 is 0.972. The van der Waals surface area contributed by atoms with Crippen molar-refractivity contribution in [1.82, 2.24) is 14.5 Å². The number of carbonyl (C=O) groups excluding carboxylic acids is 1. The fraction of sp³-hybridized carbons (Fsp3) is 0.318. The molecule has 0 saturated carbocycles. The van der Waals surface area contributed by atoms with Gasteiger partial charge in [-0.2, -0.15) is 4.31 Å². The van der Waals surface area contributed by atoms with Gasteiger partial charge in [-0.15, -0.1) is 10.2 Å². The van der Waals surface area contributed by atoms with Gasteiger partial charge in [-0.05, 0) is 56.2 Å². The molecule has 1 fully saturated rings. The monoisotopic (exact) mass is 493 g/mol. The number of rotatable bonds is 7. The molecule has 33 heavy (non-hydrogen) atoms. The Balaban J connectivity index is 1.49. The minimum absolute atomic E-state index is 0.0317. The summed E-state index contributed by atoms with van der Waals surface area (Å²) in [6.45, 7) is 2.58. The van der Waals surface area contributed by atoms with Crippen molar-refractivity contribution in [3.8, 4) is 11.5 Å². The molecule has 3 aromatic rings. The lowest BCUT2D eigenvalue weighted by atomic mass is 10.1. The normalized spacial score (nSPS) is 16.0. The first kappa shape index (κ1) is 23.5. The number of aromatic nitrogens is 2. The van der Waals surface area contributed by atoms with Crippen LogP contribution in [0.25, 0.3) is 11.5 Å². The quantitative estimate of drug-likeness (QED) is 0.352. The molecule has 1 aromatic heterocycles. The zero-order chi connectivity index (χ0) is 23.6. The Labute approximate surface area is 194 Å². The molecule has 1 aliphatic heterocycles. The second kappa shape index (κ2) is 9.70. The van der Waals surface area contributed by atoms with Crippen molar-refractivity contribution in [1.29, 1.82) is 0 Å². The Morgan fingerprint density at radius 1 is 1.06 bits per heavy atom. The first-order valence-corrected chi connectivity index (χ1v) is 12.7. The van der Waals surface area contributed by atoms with Crippen LogP contribution in [0.1, 0.15) is 36.5 Å². The molecule has 2 aromatic carbocycles. The average molecular weight is 494 g/mol. The van der Waals surface area contributed by atoms with Gasteiger partial charge in [0.15, 0.2) is 17.4 Å². The van der Waals surface area contributed by atoms with E-state index in [0.29, 0.717) is 18.7 Å². The zero-order valence-corrected chi connectivity index (χ0v) is 19.3. The zero-order valence-electron chi connectivity index (χ0n) is 17.7. The van der Waals surface area contributed by atoms with E-state index < -0.39 is 32.7 Å². The molecule has 0 bridgehead atoms. The Morgan fingerprint density at radius 2 is 1.82 bits per heavy atom. The first-order valence-electron chi connectivity index (χ1n) is 10.4. The van der Waals surface area contributed by atoms with Crippen molar-refractivity contribution in [2.24, 2.45) is 0 Å². The van der Waals surface area contributed by atoms with Gasteiger partial charge < -0.3 is 4.42 Å². The smallest absolute Gasteiger partial charge is 0.277 e. The van der Waals surface area contributed by atoms with Crippen molar-refractivity contribution >= 4 is 27.6 Å². The Hall–Kier alpha value is -2.63. The molecule has 1 aliphatic rings. The third kappa shape index (κ3) is 5.15. The van der Waals surface area contributed by atoms with Crippen molar-refractivity contribution in [2.45, 2.75) is 41.6 Å². The summed E-state index contributed by atoms with van der Waals surface area (Å²) in [5.41, 5.74) is 0.469. The molecule has 0 N–H and O–H groups in total. The van der Waals surface area contributed by atoms with E-state index in [1.807, 2.05) is 0 Å². The van der Waals surface area contributed by atoms with Crippen LogP contribution in [-0.4, -0.2) is 47.0 Å². The van der Waals surface area contributed by atoms with Crippen LogP contribution in [0.2, 0.25) is 0 Å². The van der Waals surface area contributed by atoms with E-state index in [4.69, 9.17) is 4.42 Å². The molecule has 0 aliphatic carbocycles. The molecule has 174 valence electrons. The highest BCUT2D eigenvalue weighted by Crippen LogP contribution is 2.30. The number of hydrogen-bond acceptors (Lipinski definition) is 7. The number of piperidine rings is 1. The van der Waals surface area contributed by atoms with Crippen molar-refractivity contribution < 1.29 is 26.4 Å². The maximum Gasteiger partial charge on any atom is 0.277 e. The fourth-order valence-electron chi connectivity index (χ4n) is 3.51. The number of ketones is 1. The third-order valence-corrected chi connectivity index (χ3v) is 8.12. The largest absolute Gasteiger partial charge is 0.411 e. The van der Waals surface area contributed by atoms with Gasteiger partial charge in [0.25, 0.3) is 5.22 Å². The van der Waals surface area contributed by atoms with Gasteiger partial charge in [0.05, 0.1) is 10.1 Å². The maximum absolute atomic E-state index is 13.4. The Kier molecular flexibility index (Phi) is 6.91. The molecular formula is C22H21F2N3O4S2. The minimum atomic E-state index is -3.62. The SMILES string of the molecule is C[C@@H](Sc1nnc(-c2cccc(S(=O)(=O)N3CCCCC3)c2)o1)C(=O)c1ccc(F)c(F)c1. The van der Waals surface area contributed by atoms with Gasteiger partial charge in [-0.25, -0.2) is 17.2 Å². The lowest BCUT2D eigenvalue weighted by Gasteiger charge is -2.25. The second-order valence-electron chi connectivity index (χ2n) is 7.62. The van der Waals surface area contributed by atoms with E-state index in [1.165, 1.54) is 22.5 Å². The summed E-state index contributed by atoms with van der Waals surface area (Å²) in [6.07, 6.45) is 2.70. The summed E-state index contributed by atoms with van der Waals surface area (Å²) in [4.78, 5) is 12.7. The van der Waals surface area contributed by atoms with Crippen LogP contribution < -0.4 is 0 Å². The molecule has 1 atom stereocenters. The van der Waals surface area contributed by atoms with Crippen LogP contribution >= 0.6 is 11.8 Å². The van der Waals surface area contributed by atoms with Crippen molar-refractivity contribution in [3.63, 3.8) is 0 Å². The Morgan fingerprint density at radius 3 is 2.55 bits per heavy atom. The van der Waals surface area contributed by atoms with E-state index >= 15 is 0 Å². The first-order chi connectivity index (χ1) is 15.8. The molecule has 0 radical (unpaired) electrons. The summed E-state index contributed by atoms with van der Waals surface area (Å²) in [6, 6.07) is 9.25. The van der Waals surface area contributed by atoms with Gasteiger partial charge in [0.1, 0.15) is 0 Å². The van der Waals surface area contributed by atoms with Crippen LogP contribution in [0, 0.1) is 11.6 Å². The van der Waals surface area contributed by atoms with Crippen LogP contribution in [-0.2, 0) is 10.0 Å². The van der Waals surface area contributed by atoms with Gasteiger partial charge >= 0.3 is 0 Å². The topological polar surface area (TPSA) is 93.4 Å². The van der Waals surface area contributed by atoms with E-state index in [0.717, 1.165) is 43.2 Å². The molecule has 7 nitrogen and oxygen atoms in total. The second-order valence-corrected chi connectivity index (χ2v) is 10.8. The van der Waals surface area contributed by atoms with Crippen LogP contribution in [0.4, 0.5) is 8.78 Å². The lowest BCUT2D eigenvalue weighted by molar-refractivity contribution is 0.0993. The molecule has 2 heterocycles. The third-order valence-electron chi connectivity index (χ3n) is 5.29. The van der Waals surface area contributed by atoms with E-state index in [9.17, 15) is 22.0 Å². The van der Waals surface area contributed by atoms with E-state index in [2.05, 4.69) is 10.2 Å². The summed E-state index contributed by atoms with van der Waals surface area (Å²) in [7, 11) is -3.62. The number of nitrogens with zero attached hydrogens (tertiary/aromatic N) is 3. The van der Waals surface area contributed by atoms with Crippen molar-refractivity contribution in [2.75, 3.05) is 13.1 Å². The van der Waals surface area contributed by atoms with Crippen LogP contribution in [0.3, 0.4) is 0 Å². The van der Waals surface area contributed by atoms with Crippen LogP contribution in [0.5, 0.6) is 0 Å². The molecule has 0 spiro atoms. The molecule has 1 saturated heterocycles. The van der Waals surface area contributed by atoms with E-state index in [1.54, 1.807) is 19.1 Å². The standard InChI is InChI=1S/C22H21F2N3O4S2/c1-14(20(28)15-8-9-18(23)19(24)13-15)32-22-26-25-21(31-22)16-6-5-7-17(12-16)33(29,30)27-10-3-2-4-11-27/h5-9,12-14H,2-4,10-11H2,1H3/t14-/m1/s1. The van der Waals surface area contributed by atoms with Gasteiger partial charge in [0.2, 0.25) is 15.9 Å². The molecule has 4 rings (SSSR count). The molecule has 0 amide bonds. The molecule has 11 heteroatoms. The lowest BCUT2D eigenvalue weighted by Crippen LogP contribution is -2.35. The van der Waals surface area contributed by atoms with Crippen molar-refractivity contribution in [3.05, 3.63) is 59.7 Å². The van der Waals surface area contributed by atoms with Crippen LogP contribution in [0.15, 0.2) is 57.0 Å².